The van der Waals surface area contributed by atoms with Crippen LogP contribution in [-0.2, 0) is 39.2 Å². The van der Waals surface area contributed by atoms with Gasteiger partial charge in [-0.05, 0) is 6.92 Å². The molecule has 1 aliphatic heterocycles. The summed E-state index contributed by atoms with van der Waals surface area (Å²) in [5.74, 6) is -0.166. The second-order valence-electron chi connectivity index (χ2n) is 8.36. The van der Waals surface area contributed by atoms with Gasteiger partial charge in [0.25, 0.3) is 11.5 Å². The van der Waals surface area contributed by atoms with Crippen molar-refractivity contribution >= 4 is 32.7 Å². The third-order valence-electron chi connectivity index (χ3n) is 5.66. The monoisotopic (exact) mass is 580 g/mol. The number of aliphatic hydroxyl groups excluding tert-OH is 1. The van der Waals surface area contributed by atoms with Crippen molar-refractivity contribution in [1.29, 1.82) is 0 Å². The number of aliphatic hydroxyl groups is 1. The number of ether oxygens (including phenoxy) is 3. The normalized spacial score (nSPS) is 25.8. The summed E-state index contributed by atoms with van der Waals surface area (Å²) in [5.41, 5.74) is 5.42. The molecule has 6 N–H and O–H groups in total. The minimum absolute atomic E-state index is 0.0162. The van der Waals surface area contributed by atoms with E-state index in [4.69, 9.17) is 24.5 Å². The molecule has 0 bridgehead atoms. The van der Waals surface area contributed by atoms with E-state index in [0.717, 1.165) is 12.5 Å². The molecule has 0 radical (unpaired) electrons. The molecule has 3 aromatic heterocycles. The highest BCUT2D eigenvalue weighted by Crippen LogP contribution is 2.61. The number of fused-ring (bicyclic) bond motifs is 1. The zero-order valence-electron chi connectivity index (χ0n) is 20.4. The lowest BCUT2D eigenvalue weighted by Gasteiger charge is -2.27. The zero-order chi connectivity index (χ0) is 27.8. The fourth-order valence-electron chi connectivity index (χ4n) is 4.07. The van der Waals surface area contributed by atoms with Crippen molar-refractivity contribution in [2.24, 2.45) is 7.05 Å². The number of aromatic nitrogens is 6. The SMILES string of the molecule is COCCO[C@@H]1C(O)[C@H]([n+]2cn(C)c3c(=O)[nH]c(N)nc32)O[C@@H]1[C@@H](C)OP(=O)(O)OP(=O)(O)n1ccnc1. The average Bonchev–Trinajstić information content (AvgIpc) is 3.52. The first-order chi connectivity index (χ1) is 17.8. The van der Waals surface area contributed by atoms with Gasteiger partial charge >= 0.3 is 21.2 Å². The van der Waals surface area contributed by atoms with Crippen molar-refractivity contribution in [3.8, 4) is 0 Å². The number of hydrogen-bond donors (Lipinski definition) is 5. The molecule has 3 unspecified atom stereocenters. The van der Waals surface area contributed by atoms with Crippen LogP contribution in [0.3, 0.4) is 0 Å². The van der Waals surface area contributed by atoms with Gasteiger partial charge in [-0.1, -0.05) is 4.98 Å². The number of nitrogen functional groups attached to an aromatic ring is 1. The molecule has 7 atom stereocenters. The van der Waals surface area contributed by atoms with Crippen molar-refractivity contribution < 1.29 is 51.6 Å². The third kappa shape index (κ3) is 5.74. The van der Waals surface area contributed by atoms with Gasteiger partial charge < -0.3 is 34.8 Å². The van der Waals surface area contributed by atoms with Gasteiger partial charge in [0.15, 0.2) is 6.33 Å². The van der Waals surface area contributed by atoms with Crippen LogP contribution in [0.2, 0.25) is 0 Å². The van der Waals surface area contributed by atoms with Gasteiger partial charge in [-0.25, -0.2) is 23.0 Å². The maximum absolute atomic E-state index is 12.6. The van der Waals surface area contributed by atoms with E-state index in [1.165, 1.54) is 35.7 Å². The molecule has 20 heteroatoms. The van der Waals surface area contributed by atoms with Crippen LogP contribution < -0.4 is 15.9 Å². The zero-order valence-corrected chi connectivity index (χ0v) is 22.2. The molecule has 0 aromatic carbocycles. The maximum Gasteiger partial charge on any atom is 0.481 e. The Balaban J connectivity index is 1.61. The Morgan fingerprint density at radius 1 is 1.34 bits per heavy atom. The van der Waals surface area contributed by atoms with E-state index in [9.17, 15) is 28.8 Å². The van der Waals surface area contributed by atoms with E-state index < -0.39 is 51.8 Å². The van der Waals surface area contributed by atoms with Crippen LogP contribution in [-0.4, -0.2) is 83.5 Å². The molecule has 18 nitrogen and oxygen atoms in total. The molecule has 4 heterocycles. The molecular formula is C18H28N7O11P2+. The van der Waals surface area contributed by atoms with E-state index in [1.807, 2.05) is 0 Å². The lowest BCUT2D eigenvalue weighted by Crippen LogP contribution is -2.46. The van der Waals surface area contributed by atoms with Gasteiger partial charge in [-0.2, -0.15) is 4.31 Å². The Kier molecular flexibility index (Phi) is 8.20. The van der Waals surface area contributed by atoms with Crippen LogP contribution in [0.5, 0.6) is 0 Å². The number of phosphoric ester groups is 1. The Morgan fingerprint density at radius 3 is 2.74 bits per heavy atom. The molecule has 0 saturated carbocycles. The highest BCUT2D eigenvalue weighted by molar-refractivity contribution is 7.63. The second-order valence-corrected chi connectivity index (χ2v) is 11.6. The number of aryl methyl sites for hydroxylation is 1. The van der Waals surface area contributed by atoms with Gasteiger partial charge in [0.1, 0.15) is 24.6 Å². The van der Waals surface area contributed by atoms with Crippen LogP contribution in [0.25, 0.3) is 11.2 Å². The summed E-state index contributed by atoms with van der Waals surface area (Å²) in [4.78, 5) is 42.8. The first kappa shape index (κ1) is 28.5. The van der Waals surface area contributed by atoms with Crippen LogP contribution in [0.1, 0.15) is 13.2 Å². The van der Waals surface area contributed by atoms with Crippen molar-refractivity contribution in [3.05, 3.63) is 35.4 Å². The predicted octanol–water partition coefficient (Wildman–Crippen LogP) is -1.21. The molecular weight excluding hydrogens is 552 g/mol. The minimum atomic E-state index is -5.17. The molecule has 0 aliphatic carbocycles. The fraction of sp³-hybridized carbons (Fsp3) is 0.556. The largest absolute Gasteiger partial charge is 0.481 e. The van der Waals surface area contributed by atoms with E-state index in [0.29, 0.717) is 4.34 Å². The van der Waals surface area contributed by atoms with Gasteiger partial charge in [0.05, 0.1) is 26.4 Å². The van der Waals surface area contributed by atoms with Crippen LogP contribution >= 0.6 is 15.6 Å². The van der Waals surface area contributed by atoms with Gasteiger partial charge in [-0.15, -0.1) is 0 Å². The number of phosphoric acid groups is 1. The highest BCUT2D eigenvalue weighted by Gasteiger charge is 2.52. The van der Waals surface area contributed by atoms with E-state index in [1.54, 1.807) is 7.05 Å². The van der Waals surface area contributed by atoms with Crippen LogP contribution in [0, 0.1) is 0 Å². The van der Waals surface area contributed by atoms with Gasteiger partial charge in [0, 0.05) is 19.5 Å². The number of imidazole rings is 2. The molecule has 4 rings (SSSR count). The number of nitrogens with one attached hydrogen (secondary N) is 1. The number of H-pyrrole nitrogens is 1. The topological polar surface area (TPSA) is 239 Å². The number of nitrogens with two attached hydrogens (primary N) is 1. The fourth-order valence-corrected chi connectivity index (χ4v) is 6.59. The summed E-state index contributed by atoms with van der Waals surface area (Å²) in [6, 6.07) is 0. The lowest BCUT2D eigenvalue weighted by molar-refractivity contribution is -0.746. The average molecular weight is 580 g/mol. The van der Waals surface area contributed by atoms with Crippen molar-refractivity contribution in [2.45, 2.75) is 37.6 Å². The number of nitrogens with zero attached hydrogens (tertiary/aromatic N) is 5. The van der Waals surface area contributed by atoms with Crippen molar-refractivity contribution in [2.75, 3.05) is 26.1 Å². The summed E-state index contributed by atoms with van der Waals surface area (Å²) in [5, 5.41) is 11.2. The van der Waals surface area contributed by atoms with E-state index >= 15 is 0 Å². The first-order valence-electron chi connectivity index (χ1n) is 11.1. The summed E-state index contributed by atoms with van der Waals surface area (Å²) in [6.07, 6.45) is -1.64. The van der Waals surface area contributed by atoms with Crippen LogP contribution in [0.15, 0.2) is 29.8 Å². The molecule has 0 spiro atoms. The summed E-state index contributed by atoms with van der Waals surface area (Å²) in [6.45, 7) is 1.50. The number of anilines is 1. The van der Waals surface area contributed by atoms with Gasteiger partial charge in [0.2, 0.25) is 11.7 Å². The molecule has 1 saturated heterocycles. The minimum Gasteiger partial charge on any atom is -0.384 e. The summed E-state index contributed by atoms with van der Waals surface area (Å²) in [7, 11) is -6.97. The smallest absolute Gasteiger partial charge is 0.384 e. The maximum atomic E-state index is 12.6. The van der Waals surface area contributed by atoms with Crippen LogP contribution in [0.4, 0.5) is 5.95 Å². The highest BCUT2D eigenvalue weighted by atomic mass is 31.3. The molecule has 0 amide bonds. The quantitative estimate of drug-likeness (QED) is 0.102. The Morgan fingerprint density at radius 2 is 2.08 bits per heavy atom. The Labute approximate surface area is 214 Å². The Bertz CT molecular complexity index is 1430. The lowest BCUT2D eigenvalue weighted by atomic mass is 10.1. The predicted molar refractivity (Wildman–Crippen MR) is 126 cm³/mol. The number of aromatic amines is 1. The van der Waals surface area contributed by atoms with E-state index in [-0.39, 0.29) is 30.3 Å². The van der Waals surface area contributed by atoms with Crippen molar-refractivity contribution in [3.63, 3.8) is 0 Å². The standard InChI is InChI=1S/C18H27N7O11P2/c1-10(35-38(30,31)36-37(28,29)24-5-4-20-8-24)13-14(33-7-6-32-3)12(26)17(34-13)25-9-23(2)11-15(25)21-18(19)22-16(11)27/h4-5,8-10,12-14,17,26H,6-7H2,1-3H3,(H4-,19,21,22,27,28,29,30,31)/p+1/t10-,12?,13-,14-,17-/m1/s1. The molecule has 1 aliphatic rings. The number of methoxy groups -OCH3 is 1. The molecule has 210 valence electrons. The summed E-state index contributed by atoms with van der Waals surface area (Å²) < 4.78 is 54.8. The number of hydrogen-bond acceptors (Lipinski definition) is 12. The second kappa shape index (κ2) is 10.9. The number of rotatable bonds is 11. The molecule has 38 heavy (non-hydrogen) atoms. The summed E-state index contributed by atoms with van der Waals surface area (Å²) >= 11 is 0. The molecule has 1 fully saturated rings. The van der Waals surface area contributed by atoms with E-state index in [2.05, 4.69) is 19.3 Å². The third-order valence-corrected chi connectivity index (χ3v) is 8.76. The van der Waals surface area contributed by atoms with Gasteiger partial charge in [-0.3, -0.25) is 18.9 Å². The Hall–Kier alpha value is -2.50. The first-order valence-corrected chi connectivity index (χ1v) is 14.1. The molecule has 3 aromatic rings. The van der Waals surface area contributed by atoms with Crippen molar-refractivity contribution in [1.82, 2.24) is 23.9 Å².